The third-order valence-corrected chi connectivity index (χ3v) is 4.67. The Bertz CT molecular complexity index is 1160. The van der Waals surface area contributed by atoms with Gasteiger partial charge in [0.2, 0.25) is 0 Å². The Morgan fingerprint density at radius 3 is 2.09 bits per heavy atom. The highest BCUT2D eigenvalue weighted by molar-refractivity contribution is 6.10. The Balaban J connectivity index is 1.92. The molecule has 170 valence electrons. The molecule has 3 rings (SSSR count). The van der Waals surface area contributed by atoms with Crippen LogP contribution in [0.25, 0.3) is 6.08 Å². The van der Waals surface area contributed by atoms with Crippen LogP contribution in [0.4, 0.5) is 10.1 Å². The molecule has 0 saturated heterocycles. The molecular formula is C25H23FN2O5. The zero-order chi connectivity index (χ0) is 23.8. The molecule has 0 aliphatic heterocycles. The lowest BCUT2D eigenvalue weighted by Gasteiger charge is -2.13. The van der Waals surface area contributed by atoms with Crippen LogP contribution >= 0.6 is 0 Å². The second kappa shape index (κ2) is 10.8. The number of amides is 2. The molecule has 2 N–H and O–H groups in total. The number of hydrogen-bond acceptors (Lipinski definition) is 5. The number of carbonyl (C=O) groups is 2. The fraction of sp³-hybridized carbons (Fsp3) is 0.120. The summed E-state index contributed by atoms with van der Waals surface area (Å²) in [7, 11) is 4.54. The Kier molecular flexibility index (Phi) is 7.64. The van der Waals surface area contributed by atoms with Gasteiger partial charge in [-0.15, -0.1) is 0 Å². The lowest BCUT2D eigenvalue weighted by molar-refractivity contribution is -0.113. The molecule has 2 amide bonds. The van der Waals surface area contributed by atoms with E-state index in [4.69, 9.17) is 14.2 Å². The Morgan fingerprint density at radius 1 is 0.818 bits per heavy atom. The van der Waals surface area contributed by atoms with E-state index < -0.39 is 17.6 Å². The number of methoxy groups -OCH3 is 3. The highest BCUT2D eigenvalue weighted by Gasteiger charge is 2.16. The lowest BCUT2D eigenvalue weighted by atomic mass is 10.1. The van der Waals surface area contributed by atoms with Gasteiger partial charge in [-0.2, -0.15) is 0 Å². The molecule has 8 heteroatoms. The van der Waals surface area contributed by atoms with Gasteiger partial charge in [0.15, 0.2) is 11.5 Å². The quantitative estimate of drug-likeness (QED) is 0.501. The van der Waals surface area contributed by atoms with Crippen LogP contribution in [0, 0.1) is 5.82 Å². The van der Waals surface area contributed by atoms with E-state index in [9.17, 15) is 14.0 Å². The van der Waals surface area contributed by atoms with Gasteiger partial charge < -0.3 is 24.8 Å². The van der Waals surface area contributed by atoms with Crippen molar-refractivity contribution in [2.75, 3.05) is 26.6 Å². The number of halogens is 1. The number of nitrogens with one attached hydrogen (secondary N) is 2. The van der Waals surface area contributed by atoms with Crippen molar-refractivity contribution in [1.82, 2.24) is 5.32 Å². The maximum Gasteiger partial charge on any atom is 0.272 e. The van der Waals surface area contributed by atoms with E-state index in [1.165, 1.54) is 51.7 Å². The van der Waals surface area contributed by atoms with Crippen molar-refractivity contribution in [3.05, 3.63) is 89.4 Å². The van der Waals surface area contributed by atoms with E-state index >= 15 is 0 Å². The first-order chi connectivity index (χ1) is 15.9. The van der Waals surface area contributed by atoms with Crippen LogP contribution in [-0.2, 0) is 4.79 Å². The van der Waals surface area contributed by atoms with Gasteiger partial charge in [-0.05, 0) is 72.3 Å². The van der Waals surface area contributed by atoms with Gasteiger partial charge in [-0.1, -0.05) is 6.07 Å². The van der Waals surface area contributed by atoms with Gasteiger partial charge in [-0.3, -0.25) is 9.59 Å². The van der Waals surface area contributed by atoms with Gasteiger partial charge in [0.1, 0.15) is 17.3 Å². The van der Waals surface area contributed by atoms with Crippen LogP contribution < -0.4 is 24.8 Å². The minimum Gasteiger partial charge on any atom is -0.497 e. The second-order valence-corrected chi connectivity index (χ2v) is 6.82. The second-order valence-electron chi connectivity index (χ2n) is 6.82. The first-order valence-corrected chi connectivity index (χ1v) is 9.89. The molecule has 0 heterocycles. The molecule has 3 aromatic carbocycles. The maximum atomic E-state index is 13.2. The fourth-order valence-corrected chi connectivity index (χ4v) is 2.94. The summed E-state index contributed by atoms with van der Waals surface area (Å²) in [5, 5.41) is 5.29. The molecule has 0 aliphatic carbocycles. The van der Waals surface area contributed by atoms with E-state index in [1.54, 1.807) is 42.5 Å². The summed E-state index contributed by atoms with van der Waals surface area (Å²) in [4.78, 5) is 25.8. The van der Waals surface area contributed by atoms with Gasteiger partial charge in [-0.25, -0.2) is 4.39 Å². The number of rotatable bonds is 8. The summed E-state index contributed by atoms with van der Waals surface area (Å²) in [5.41, 5.74) is 1.28. The molecule has 0 fully saturated rings. The number of ether oxygens (including phenoxy) is 3. The van der Waals surface area contributed by atoms with Gasteiger partial charge in [0, 0.05) is 11.3 Å². The molecule has 3 aromatic rings. The summed E-state index contributed by atoms with van der Waals surface area (Å²) < 4.78 is 28.9. The van der Waals surface area contributed by atoms with E-state index in [0.29, 0.717) is 34.1 Å². The number of hydrogen-bond donors (Lipinski definition) is 2. The summed E-state index contributed by atoms with van der Waals surface area (Å²) in [6, 6.07) is 16.8. The van der Waals surface area contributed by atoms with E-state index in [0.717, 1.165) is 0 Å². The zero-order valence-electron chi connectivity index (χ0n) is 18.3. The maximum absolute atomic E-state index is 13.2. The first kappa shape index (κ1) is 23.3. The van der Waals surface area contributed by atoms with Crippen molar-refractivity contribution in [3.8, 4) is 17.2 Å². The Labute approximate surface area is 190 Å². The van der Waals surface area contributed by atoms with Crippen LogP contribution in [0.15, 0.2) is 72.4 Å². The fourth-order valence-electron chi connectivity index (χ4n) is 2.94. The summed E-state index contributed by atoms with van der Waals surface area (Å²) in [6.07, 6.45) is 1.50. The van der Waals surface area contributed by atoms with E-state index in [2.05, 4.69) is 10.6 Å². The highest BCUT2D eigenvalue weighted by Crippen LogP contribution is 2.28. The van der Waals surface area contributed by atoms with Crippen LogP contribution in [0.2, 0.25) is 0 Å². The van der Waals surface area contributed by atoms with Crippen molar-refractivity contribution in [3.63, 3.8) is 0 Å². The molecule has 0 aliphatic rings. The van der Waals surface area contributed by atoms with Crippen molar-refractivity contribution < 1.29 is 28.2 Å². The predicted molar refractivity (Wildman–Crippen MR) is 123 cm³/mol. The average molecular weight is 450 g/mol. The van der Waals surface area contributed by atoms with Crippen molar-refractivity contribution in [2.45, 2.75) is 0 Å². The predicted octanol–water partition coefficient (Wildman–Crippen LogP) is 4.26. The molecular weight excluding hydrogens is 427 g/mol. The first-order valence-electron chi connectivity index (χ1n) is 9.89. The molecule has 0 aromatic heterocycles. The van der Waals surface area contributed by atoms with Gasteiger partial charge in [0.25, 0.3) is 11.8 Å². The Hall–Kier alpha value is -4.33. The third-order valence-electron chi connectivity index (χ3n) is 4.67. The smallest absolute Gasteiger partial charge is 0.272 e. The molecule has 0 atom stereocenters. The largest absolute Gasteiger partial charge is 0.497 e. The van der Waals surface area contributed by atoms with Gasteiger partial charge >= 0.3 is 0 Å². The third kappa shape index (κ3) is 6.10. The van der Waals surface area contributed by atoms with Gasteiger partial charge in [0.05, 0.1) is 21.3 Å². The normalized spacial score (nSPS) is 10.8. The Morgan fingerprint density at radius 2 is 1.48 bits per heavy atom. The van der Waals surface area contributed by atoms with Crippen molar-refractivity contribution >= 4 is 23.6 Å². The monoisotopic (exact) mass is 450 g/mol. The molecule has 0 spiro atoms. The summed E-state index contributed by atoms with van der Waals surface area (Å²) in [5.74, 6) is 0.0840. The number of anilines is 1. The summed E-state index contributed by atoms with van der Waals surface area (Å²) in [6.45, 7) is 0. The van der Waals surface area contributed by atoms with E-state index in [1.807, 2.05) is 0 Å². The summed E-state index contributed by atoms with van der Waals surface area (Å²) >= 11 is 0. The number of carbonyl (C=O) groups excluding carboxylic acids is 2. The zero-order valence-corrected chi connectivity index (χ0v) is 18.3. The van der Waals surface area contributed by atoms with Crippen LogP contribution in [0.1, 0.15) is 15.9 Å². The van der Waals surface area contributed by atoms with Crippen LogP contribution in [0.5, 0.6) is 17.2 Å². The molecule has 0 bridgehead atoms. The standard InChI is InChI=1S/C25H23FN2O5/c1-31-20-11-5-17(6-12-20)24(29)28-21(25(30)27-19-9-7-18(26)8-10-19)14-16-4-13-22(32-2)23(15-16)33-3/h4-15H,1-3H3,(H,27,30)(H,28,29)/b21-14-. The van der Waals surface area contributed by atoms with Crippen molar-refractivity contribution in [2.24, 2.45) is 0 Å². The van der Waals surface area contributed by atoms with Crippen molar-refractivity contribution in [1.29, 1.82) is 0 Å². The van der Waals surface area contributed by atoms with Crippen LogP contribution in [0.3, 0.4) is 0 Å². The minimum absolute atomic E-state index is 0.0210. The molecule has 33 heavy (non-hydrogen) atoms. The van der Waals surface area contributed by atoms with E-state index in [-0.39, 0.29) is 5.70 Å². The average Bonchev–Trinajstić information content (AvgIpc) is 2.84. The lowest BCUT2D eigenvalue weighted by Crippen LogP contribution is -2.30. The van der Waals surface area contributed by atoms with Crippen LogP contribution in [-0.4, -0.2) is 33.1 Å². The molecule has 0 saturated carbocycles. The minimum atomic E-state index is -0.585. The molecule has 0 unspecified atom stereocenters. The number of benzene rings is 3. The molecule has 7 nitrogen and oxygen atoms in total. The highest BCUT2D eigenvalue weighted by atomic mass is 19.1. The SMILES string of the molecule is COc1ccc(C(=O)N/C(=C\c2ccc(OC)c(OC)c2)C(=O)Nc2ccc(F)cc2)cc1. The molecule has 0 radical (unpaired) electrons. The topological polar surface area (TPSA) is 85.9 Å².